The Morgan fingerprint density at radius 1 is 1.56 bits per heavy atom. The number of rotatable bonds is 4. The molecule has 1 fully saturated rings. The molecule has 1 aliphatic carbocycles. The van der Waals surface area contributed by atoms with Crippen molar-refractivity contribution < 1.29 is 5.21 Å². The van der Waals surface area contributed by atoms with Gasteiger partial charge in [-0.25, -0.2) is 0 Å². The predicted octanol–water partition coefficient (Wildman–Crippen LogP) is 1.64. The Morgan fingerprint density at radius 3 is 2.78 bits per heavy atom. The molecule has 0 atom stereocenters. The van der Waals surface area contributed by atoms with E-state index in [1.807, 2.05) is 27.0 Å². The Bertz CT molecular complexity index is 480. The summed E-state index contributed by atoms with van der Waals surface area (Å²) in [5.74, 6) is 0.904. The number of amidine groups is 1. The van der Waals surface area contributed by atoms with Crippen LogP contribution in [0, 0.1) is 19.8 Å². The molecule has 1 aromatic rings. The van der Waals surface area contributed by atoms with Crippen LogP contribution < -0.4 is 10.6 Å². The fourth-order valence-corrected chi connectivity index (χ4v) is 2.26. The third kappa shape index (κ3) is 2.55. The first-order valence-electron chi connectivity index (χ1n) is 6.20. The third-order valence-corrected chi connectivity index (χ3v) is 3.31. The van der Waals surface area contributed by atoms with Crippen molar-refractivity contribution in [3.8, 4) is 0 Å². The van der Waals surface area contributed by atoms with Crippen molar-refractivity contribution >= 4 is 11.5 Å². The minimum atomic E-state index is 0.123. The lowest BCUT2D eigenvalue weighted by molar-refractivity contribution is 0.318. The molecule has 0 saturated heterocycles. The fourth-order valence-electron chi connectivity index (χ4n) is 2.26. The molecule has 5 nitrogen and oxygen atoms in total. The molecular formula is C13H20N4O. The molecule has 1 aliphatic rings. The second-order valence-corrected chi connectivity index (χ2v) is 5.05. The molecule has 0 amide bonds. The van der Waals surface area contributed by atoms with E-state index >= 15 is 0 Å². The molecule has 0 radical (unpaired) electrons. The van der Waals surface area contributed by atoms with Gasteiger partial charge in [0.25, 0.3) is 0 Å². The van der Waals surface area contributed by atoms with Gasteiger partial charge in [-0.15, -0.1) is 0 Å². The van der Waals surface area contributed by atoms with Gasteiger partial charge >= 0.3 is 0 Å². The number of oxime groups is 1. The number of aryl methyl sites for hydroxylation is 2. The molecule has 3 N–H and O–H groups in total. The van der Waals surface area contributed by atoms with Crippen LogP contribution in [-0.4, -0.2) is 29.6 Å². The lowest BCUT2D eigenvalue weighted by Gasteiger charge is -2.23. The van der Waals surface area contributed by atoms with Crippen LogP contribution in [0.4, 0.5) is 5.69 Å². The summed E-state index contributed by atoms with van der Waals surface area (Å²) >= 11 is 0. The van der Waals surface area contributed by atoms with Gasteiger partial charge in [0, 0.05) is 19.3 Å². The lowest BCUT2D eigenvalue weighted by atomic mass is 10.1. The van der Waals surface area contributed by atoms with Crippen molar-refractivity contribution in [2.24, 2.45) is 16.8 Å². The van der Waals surface area contributed by atoms with E-state index in [4.69, 9.17) is 10.9 Å². The molecule has 0 unspecified atom stereocenters. The minimum absolute atomic E-state index is 0.123. The van der Waals surface area contributed by atoms with E-state index in [1.165, 1.54) is 12.8 Å². The number of anilines is 1. The first-order chi connectivity index (χ1) is 8.52. The quantitative estimate of drug-likeness (QED) is 0.367. The van der Waals surface area contributed by atoms with Crippen molar-refractivity contribution in [3.05, 3.63) is 23.0 Å². The number of nitrogens with two attached hydrogens (primary N) is 1. The Labute approximate surface area is 107 Å². The Kier molecular flexibility index (Phi) is 3.41. The zero-order valence-electron chi connectivity index (χ0n) is 11.1. The normalized spacial score (nSPS) is 15.8. The molecule has 18 heavy (non-hydrogen) atoms. The Morgan fingerprint density at radius 2 is 2.22 bits per heavy atom. The van der Waals surface area contributed by atoms with Gasteiger partial charge in [-0.05, 0) is 38.7 Å². The summed E-state index contributed by atoms with van der Waals surface area (Å²) in [5, 5.41) is 12.0. The summed E-state index contributed by atoms with van der Waals surface area (Å²) in [6.45, 7) is 4.85. The third-order valence-electron chi connectivity index (χ3n) is 3.31. The standard InChI is InChI=1S/C13H20N4O/c1-8-6-11(17(3)7-10-4-5-10)12(9(2)15-8)13(14)16-18/h6,10,18H,4-5,7H2,1-3H3,(H2,14,16). The highest BCUT2D eigenvalue weighted by molar-refractivity contribution is 6.03. The van der Waals surface area contributed by atoms with Gasteiger partial charge in [-0.2, -0.15) is 0 Å². The fraction of sp³-hybridized carbons (Fsp3) is 0.538. The van der Waals surface area contributed by atoms with Gasteiger partial charge in [-0.3, -0.25) is 4.98 Å². The summed E-state index contributed by atoms with van der Waals surface area (Å²) in [6.07, 6.45) is 2.60. The van der Waals surface area contributed by atoms with Crippen molar-refractivity contribution in [2.45, 2.75) is 26.7 Å². The zero-order chi connectivity index (χ0) is 13.3. The van der Waals surface area contributed by atoms with Gasteiger partial charge in [0.1, 0.15) is 0 Å². The van der Waals surface area contributed by atoms with Gasteiger partial charge in [-0.1, -0.05) is 5.16 Å². The van der Waals surface area contributed by atoms with Crippen molar-refractivity contribution in [2.75, 3.05) is 18.5 Å². The molecule has 0 aromatic carbocycles. The molecule has 1 aromatic heterocycles. The van der Waals surface area contributed by atoms with Gasteiger partial charge in [0.05, 0.1) is 16.9 Å². The van der Waals surface area contributed by atoms with Gasteiger partial charge < -0.3 is 15.8 Å². The number of pyridine rings is 1. The summed E-state index contributed by atoms with van der Waals surface area (Å²) in [7, 11) is 2.04. The Hall–Kier alpha value is -1.78. The number of nitrogens with zero attached hydrogens (tertiary/aromatic N) is 3. The van der Waals surface area contributed by atoms with E-state index in [2.05, 4.69) is 15.0 Å². The zero-order valence-corrected chi connectivity index (χ0v) is 11.1. The summed E-state index contributed by atoms with van der Waals surface area (Å²) in [6, 6.07) is 1.99. The average molecular weight is 248 g/mol. The van der Waals surface area contributed by atoms with E-state index in [0.29, 0.717) is 0 Å². The molecule has 2 rings (SSSR count). The monoisotopic (exact) mass is 248 g/mol. The van der Waals surface area contributed by atoms with E-state index in [-0.39, 0.29) is 5.84 Å². The average Bonchev–Trinajstić information content (AvgIpc) is 3.11. The predicted molar refractivity (Wildman–Crippen MR) is 72.2 cm³/mol. The van der Waals surface area contributed by atoms with Crippen LogP contribution in [0.1, 0.15) is 29.8 Å². The maximum absolute atomic E-state index is 8.90. The van der Waals surface area contributed by atoms with E-state index in [9.17, 15) is 0 Å². The molecule has 98 valence electrons. The summed E-state index contributed by atoms with van der Waals surface area (Å²) in [4.78, 5) is 6.56. The van der Waals surface area contributed by atoms with Gasteiger partial charge in [0.2, 0.25) is 0 Å². The SMILES string of the molecule is Cc1cc(N(C)CC2CC2)c(/C(N)=N/O)c(C)n1. The minimum Gasteiger partial charge on any atom is -0.409 e. The topological polar surface area (TPSA) is 74.7 Å². The highest BCUT2D eigenvalue weighted by Crippen LogP contribution is 2.32. The highest BCUT2D eigenvalue weighted by atomic mass is 16.4. The molecule has 0 aliphatic heterocycles. The maximum Gasteiger partial charge on any atom is 0.174 e. The van der Waals surface area contributed by atoms with Crippen molar-refractivity contribution in [3.63, 3.8) is 0 Å². The largest absolute Gasteiger partial charge is 0.409 e. The maximum atomic E-state index is 8.90. The lowest BCUT2D eigenvalue weighted by Crippen LogP contribution is -2.26. The molecular weight excluding hydrogens is 228 g/mol. The molecule has 1 heterocycles. The Balaban J connectivity index is 2.41. The summed E-state index contributed by atoms with van der Waals surface area (Å²) in [5.41, 5.74) is 9.22. The van der Waals surface area contributed by atoms with Crippen molar-refractivity contribution in [1.29, 1.82) is 0 Å². The number of hydrogen-bond donors (Lipinski definition) is 2. The van der Waals surface area contributed by atoms with Gasteiger partial charge in [0.15, 0.2) is 5.84 Å². The van der Waals surface area contributed by atoms with Crippen molar-refractivity contribution in [1.82, 2.24) is 4.98 Å². The van der Waals surface area contributed by atoms with Crippen LogP contribution in [0.15, 0.2) is 11.2 Å². The second kappa shape index (κ2) is 4.84. The van der Waals surface area contributed by atoms with Crippen LogP contribution >= 0.6 is 0 Å². The van der Waals surface area contributed by atoms with E-state index in [1.54, 1.807) is 0 Å². The van der Waals surface area contributed by atoms with Crippen LogP contribution in [0.5, 0.6) is 0 Å². The molecule has 5 heteroatoms. The number of hydrogen-bond acceptors (Lipinski definition) is 4. The number of aromatic nitrogens is 1. The first kappa shape index (κ1) is 12.7. The van der Waals surface area contributed by atoms with E-state index in [0.717, 1.165) is 35.1 Å². The molecule has 0 bridgehead atoms. The van der Waals surface area contributed by atoms with Crippen LogP contribution in [0.25, 0.3) is 0 Å². The first-order valence-corrected chi connectivity index (χ1v) is 6.20. The molecule has 0 spiro atoms. The molecule has 1 saturated carbocycles. The van der Waals surface area contributed by atoms with E-state index < -0.39 is 0 Å². The second-order valence-electron chi connectivity index (χ2n) is 5.05. The van der Waals surface area contributed by atoms with Crippen LogP contribution in [-0.2, 0) is 0 Å². The highest BCUT2D eigenvalue weighted by Gasteiger charge is 2.25. The van der Waals surface area contributed by atoms with Crippen LogP contribution in [0.3, 0.4) is 0 Å². The summed E-state index contributed by atoms with van der Waals surface area (Å²) < 4.78 is 0. The van der Waals surface area contributed by atoms with Crippen LogP contribution in [0.2, 0.25) is 0 Å². The smallest absolute Gasteiger partial charge is 0.174 e.